The number of urea groups is 1. The van der Waals surface area contributed by atoms with Gasteiger partial charge in [0, 0.05) is 6.54 Å². The summed E-state index contributed by atoms with van der Waals surface area (Å²) in [4.78, 5) is 37.7. The molecule has 22 heavy (non-hydrogen) atoms. The molecule has 0 radical (unpaired) electrons. The zero-order chi connectivity index (χ0) is 16.5. The maximum Gasteiger partial charge on any atom is 0.334 e. The van der Waals surface area contributed by atoms with Gasteiger partial charge in [-0.05, 0) is 16.5 Å². The second-order valence-corrected chi connectivity index (χ2v) is 6.33. The van der Waals surface area contributed by atoms with Crippen molar-refractivity contribution in [3.63, 3.8) is 0 Å². The first-order valence-corrected chi connectivity index (χ1v) is 7.13. The molecule has 4 amide bonds. The molecule has 0 spiro atoms. The van der Waals surface area contributed by atoms with Crippen molar-refractivity contribution in [2.24, 2.45) is 0 Å². The van der Waals surface area contributed by atoms with Crippen LogP contribution < -0.4 is 0 Å². The third kappa shape index (κ3) is 2.93. The third-order valence-corrected chi connectivity index (χ3v) is 3.61. The molecule has 0 N–H and O–H groups in total. The van der Waals surface area contributed by atoms with Crippen LogP contribution in [0.2, 0.25) is 0 Å². The number of benzene rings is 1. The highest BCUT2D eigenvalue weighted by Crippen LogP contribution is 2.23. The summed E-state index contributed by atoms with van der Waals surface area (Å²) in [7, 11) is 0. The lowest BCUT2D eigenvalue weighted by atomic mass is 9.87. The third-order valence-electron chi connectivity index (χ3n) is 3.61. The molecule has 1 aliphatic rings. The van der Waals surface area contributed by atoms with E-state index in [1.165, 1.54) is 11.6 Å². The van der Waals surface area contributed by atoms with Crippen LogP contribution in [0.25, 0.3) is 0 Å². The number of amides is 4. The molecule has 1 fully saturated rings. The van der Waals surface area contributed by atoms with Crippen LogP contribution in [-0.4, -0.2) is 34.2 Å². The van der Waals surface area contributed by atoms with Crippen molar-refractivity contribution in [2.75, 3.05) is 6.54 Å². The van der Waals surface area contributed by atoms with Gasteiger partial charge in [-0.3, -0.25) is 19.4 Å². The van der Waals surface area contributed by atoms with Gasteiger partial charge in [0.05, 0.1) is 6.54 Å². The van der Waals surface area contributed by atoms with Crippen LogP contribution in [0, 0.1) is 0 Å². The highest BCUT2D eigenvalue weighted by molar-refractivity contribution is 6.44. The van der Waals surface area contributed by atoms with Crippen LogP contribution in [0.1, 0.15) is 31.9 Å². The second kappa shape index (κ2) is 5.75. The average Bonchev–Trinajstić information content (AvgIpc) is 2.65. The molecule has 116 valence electrons. The van der Waals surface area contributed by atoms with E-state index in [-0.39, 0.29) is 18.5 Å². The Hall–Kier alpha value is -2.43. The van der Waals surface area contributed by atoms with E-state index in [2.05, 4.69) is 27.4 Å². The first-order chi connectivity index (χ1) is 10.3. The lowest BCUT2D eigenvalue weighted by Crippen LogP contribution is -2.33. The monoisotopic (exact) mass is 300 g/mol. The molecule has 1 aromatic carbocycles. The predicted molar refractivity (Wildman–Crippen MR) is 83.0 cm³/mol. The van der Waals surface area contributed by atoms with E-state index in [4.69, 9.17) is 0 Å². The smallest absolute Gasteiger partial charge is 0.263 e. The van der Waals surface area contributed by atoms with Gasteiger partial charge in [-0.1, -0.05) is 51.1 Å². The van der Waals surface area contributed by atoms with Crippen molar-refractivity contribution >= 4 is 17.8 Å². The van der Waals surface area contributed by atoms with E-state index in [9.17, 15) is 14.4 Å². The molecule has 5 heteroatoms. The summed E-state index contributed by atoms with van der Waals surface area (Å²) in [6, 6.07) is 7.12. The zero-order valence-electron chi connectivity index (χ0n) is 13.1. The molecule has 0 saturated carbocycles. The molecule has 1 saturated heterocycles. The topological polar surface area (TPSA) is 57.7 Å². The van der Waals surface area contributed by atoms with Gasteiger partial charge in [0.2, 0.25) is 0 Å². The van der Waals surface area contributed by atoms with E-state index in [0.29, 0.717) is 0 Å². The van der Waals surface area contributed by atoms with Gasteiger partial charge in [-0.15, -0.1) is 6.58 Å². The first kappa shape index (κ1) is 15.9. The summed E-state index contributed by atoms with van der Waals surface area (Å²) in [6.45, 7) is 9.96. The van der Waals surface area contributed by atoms with Gasteiger partial charge in [-0.25, -0.2) is 4.79 Å². The van der Waals surface area contributed by atoms with Crippen molar-refractivity contribution in [1.29, 1.82) is 0 Å². The van der Waals surface area contributed by atoms with Crippen LogP contribution in [0.3, 0.4) is 0 Å². The van der Waals surface area contributed by atoms with Crippen LogP contribution in [0.4, 0.5) is 4.79 Å². The molecule has 2 rings (SSSR count). The fourth-order valence-corrected chi connectivity index (χ4v) is 2.27. The summed E-state index contributed by atoms with van der Waals surface area (Å²) < 4.78 is 0. The largest absolute Gasteiger partial charge is 0.334 e. The Morgan fingerprint density at radius 1 is 1.00 bits per heavy atom. The number of hydrogen-bond acceptors (Lipinski definition) is 3. The minimum Gasteiger partial charge on any atom is -0.263 e. The summed E-state index contributed by atoms with van der Waals surface area (Å²) >= 11 is 0. The molecule has 1 heterocycles. The number of nitrogens with zero attached hydrogens (tertiary/aromatic N) is 2. The van der Waals surface area contributed by atoms with Crippen molar-refractivity contribution in [1.82, 2.24) is 9.80 Å². The van der Waals surface area contributed by atoms with E-state index in [1.54, 1.807) is 0 Å². The Kier molecular flexibility index (Phi) is 4.17. The minimum absolute atomic E-state index is 0.0362. The maximum absolute atomic E-state index is 12.1. The first-order valence-electron chi connectivity index (χ1n) is 7.13. The minimum atomic E-state index is -0.795. The normalized spacial score (nSPS) is 15.7. The summed E-state index contributed by atoms with van der Waals surface area (Å²) in [5, 5.41) is 0. The van der Waals surface area contributed by atoms with Gasteiger partial charge >= 0.3 is 17.8 Å². The van der Waals surface area contributed by atoms with Crippen LogP contribution in [0.5, 0.6) is 0 Å². The molecule has 0 atom stereocenters. The van der Waals surface area contributed by atoms with Crippen molar-refractivity contribution in [3.8, 4) is 0 Å². The maximum atomic E-state index is 12.1. The molecule has 0 bridgehead atoms. The summed E-state index contributed by atoms with van der Waals surface area (Å²) in [5.74, 6) is -1.58. The molecule has 0 aromatic heterocycles. The van der Waals surface area contributed by atoms with Crippen LogP contribution in [-0.2, 0) is 21.5 Å². The lowest BCUT2D eigenvalue weighted by Gasteiger charge is -2.20. The van der Waals surface area contributed by atoms with Crippen molar-refractivity contribution < 1.29 is 14.4 Å². The van der Waals surface area contributed by atoms with E-state index in [0.717, 1.165) is 15.4 Å². The Morgan fingerprint density at radius 2 is 1.55 bits per heavy atom. The second-order valence-electron chi connectivity index (χ2n) is 6.33. The van der Waals surface area contributed by atoms with Gasteiger partial charge < -0.3 is 0 Å². The fraction of sp³-hybridized carbons (Fsp3) is 0.353. The number of carbonyl (C=O) groups excluding carboxylic acids is 3. The zero-order valence-corrected chi connectivity index (χ0v) is 13.1. The number of imide groups is 2. The van der Waals surface area contributed by atoms with E-state index < -0.39 is 17.8 Å². The molecular formula is C17H20N2O3. The quantitative estimate of drug-likeness (QED) is 0.487. The highest BCUT2D eigenvalue weighted by Gasteiger charge is 2.43. The summed E-state index contributed by atoms with van der Waals surface area (Å²) in [6.07, 6.45) is 1.42. The molecule has 1 aliphatic heterocycles. The highest BCUT2D eigenvalue weighted by atomic mass is 16.2. The Morgan fingerprint density at radius 3 is 2.05 bits per heavy atom. The lowest BCUT2D eigenvalue weighted by molar-refractivity contribution is -0.143. The SMILES string of the molecule is C=CCN1C(=O)C(=O)N(Cc2ccc(C(C)(C)C)cc2)C1=O. The molecule has 0 aliphatic carbocycles. The van der Waals surface area contributed by atoms with Crippen molar-refractivity contribution in [2.45, 2.75) is 32.7 Å². The van der Waals surface area contributed by atoms with Gasteiger partial charge in [0.25, 0.3) is 0 Å². The molecule has 5 nitrogen and oxygen atoms in total. The van der Waals surface area contributed by atoms with Crippen LogP contribution in [0.15, 0.2) is 36.9 Å². The number of rotatable bonds is 4. The molecule has 1 aromatic rings. The Balaban J connectivity index is 2.17. The van der Waals surface area contributed by atoms with E-state index >= 15 is 0 Å². The van der Waals surface area contributed by atoms with Gasteiger partial charge in [-0.2, -0.15) is 0 Å². The van der Waals surface area contributed by atoms with Crippen LogP contribution >= 0.6 is 0 Å². The average molecular weight is 300 g/mol. The standard InChI is InChI=1S/C17H20N2O3/c1-5-10-18-14(20)15(21)19(16(18)22)11-12-6-8-13(9-7-12)17(2,3)4/h5-9H,1,10-11H2,2-4H3. The Bertz CT molecular complexity index is 626. The number of hydrogen-bond donors (Lipinski definition) is 0. The van der Waals surface area contributed by atoms with E-state index in [1.807, 2.05) is 24.3 Å². The predicted octanol–water partition coefficient (Wildman–Crippen LogP) is 2.46. The van der Waals surface area contributed by atoms with Crippen molar-refractivity contribution in [3.05, 3.63) is 48.0 Å². The molecular weight excluding hydrogens is 280 g/mol. The van der Waals surface area contributed by atoms with Gasteiger partial charge in [0.1, 0.15) is 0 Å². The Labute approximate surface area is 130 Å². The van der Waals surface area contributed by atoms with Gasteiger partial charge in [0.15, 0.2) is 0 Å². The number of carbonyl (C=O) groups is 3. The molecule has 0 unspecified atom stereocenters. The fourth-order valence-electron chi connectivity index (χ4n) is 2.27. The summed E-state index contributed by atoms with van der Waals surface area (Å²) in [5.41, 5.74) is 2.01.